The molecule has 146 valence electrons. The first-order chi connectivity index (χ1) is 13.2. The van der Waals surface area contributed by atoms with E-state index in [1.807, 2.05) is 13.0 Å². The number of aromatic nitrogens is 2. The second-order valence-corrected chi connectivity index (χ2v) is 6.13. The summed E-state index contributed by atoms with van der Waals surface area (Å²) in [6.07, 6.45) is -3.57. The number of ether oxygens (including phenoxy) is 1. The Balaban J connectivity index is 1.71. The van der Waals surface area contributed by atoms with E-state index in [0.29, 0.717) is 10.9 Å². The first-order valence-electron chi connectivity index (χ1n) is 8.29. The lowest BCUT2D eigenvalue weighted by atomic mass is 10.2. The van der Waals surface area contributed by atoms with E-state index in [9.17, 15) is 22.8 Å². The van der Waals surface area contributed by atoms with Gasteiger partial charge in [0.25, 0.3) is 5.56 Å². The lowest BCUT2D eigenvalue weighted by Gasteiger charge is -2.14. The molecule has 0 fully saturated rings. The molecule has 0 spiro atoms. The zero-order valence-electron chi connectivity index (χ0n) is 14.8. The summed E-state index contributed by atoms with van der Waals surface area (Å²) in [6, 6.07) is 10.7. The molecule has 1 heterocycles. The number of rotatable bonds is 5. The van der Waals surface area contributed by atoms with Gasteiger partial charge in [-0.05, 0) is 25.1 Å². The number of benzene rings is 2. The fourth-order valence-electron chi connectivity index (χ4n) is 2.66. The van der Waals surface area contributed by atoms with Crippen LogP contribution in [0.1, 0.15) is 11.1 Å². The van der Waals surface area contributed by atoms with Crippen molar-refractivity contribution in [3.8, 4) is 5.75 Å². The number of hydrogen-bond acceptors (Lipinski definition) is 4. The fraction of sp³-hybridized carbons (Fsp3) is 0.211. The van der Waals surface area contributed by atoms with Crippen LogP contribution >= 0.6 is 0 Å². The summed E-state index contributed by atoms with van der Waals surface area (Å²) in [6.45, 7) is 1.35. The minimum absolute atomic E-state index is 0.160. The highest BCUT2D eigenvalue weighted by Crippen LogP contribution is 2.26. The Morgan fingerprint density at radius 2 is 1.96 bits per heavy atom. The quantitative estimate of drug-likeness (QED) is 0.726. The van der Waals surface area contributed by atoms with Gasteiger partial charge in [-0.1, -0.05) is 29.8 Å². The van der Waals surface area contributed by atoms with Crippen LogP contribution in [0.2, 0.25) is 0 Å². The number of hydrogen-bond donors (Lipinski definition) is 1. The standard InChI is InChI=1S/C19H16F3N3O3/c1-12-6-7-15-14(8-12)18(27)25(11-24-15)10-17(26)23-9-13-4-2-3-5-16(13)28-19(20,21)22/h2-8,11H,9-10H2,1H3,(H,23,26). The topological polar surface area (TPSA) is 73.2 Å². The molecule has 3 rings (SSSR count). The van der Waals surface area contributed by atoms with Gasteiger partial charge in [-0.15, -0.1) is 13.2 Å². The number of halogens is 3. The highest BCUT2D eigenvalue weighted by molar-refractivity contribution is 5.79. The SMILES string of the molecule is Cc1ccc2ncn(CC(=O)NCc3ccccc3OC(F)(F)F)c(=O)c2c1. The Morgan fingerprint density at radius 3 is 2.71 bits per heavy atom. The third kappa shape index (κ3) is 4.67. The van der Waals surface area contributed by atoms with Gasteiger partial charge in [-0.3, -0.25) is 14.2 Å². The lowest BCUT2D eigenvalue weighted by molar-refractivity contribution is -0.274. The van der Waals surface area contributed by atoms with Crippen molar-refractivity contribution in [2.75, 3.05) is 0 Å². The first kappa shape index (κ1) is 19.4. The van der Waals surface area contributed by atoms with Crippen molar-refractivity contribution in [2.45, 2.75) is 26.4 Å². The van der Waals surface area contributed by atoms with Crippen LogP contribution in [-0.4, -0.2) is 21.8 Å². The van der Waals surface area contributed by atoms with Gasteiger partial charge >= 0.3 is 6.36 Å². The van der Waals surface area contributed by atoms with Crippen molar-refractivity contribution in [1.82, 2.24) is 14.9 Å². The maximum Gasteiger partial charge on any atom is 0.573 e. The largest absolute Gasteiger partial charge is 0.573 e. The van der Waals surface area contributed by atoms with E-state index < -0.39 is 18.0 Å². The van der Waals surface area contributed by atoms with Crippen LogP contribution in [0.5, 0.6) is 5.75 Å². The fourth-order valence-corrected chi connectivity index (χ4v) is 2.66. The molecule has 0 unspecified atom stereocenters. The molecule has 0 aliphatic carbocycles. The maximum absolute atomic E-state index is 12.5. The normalized spacial score (nSPS) is 11.4. The number of nitrogens with zero attached hydrogens (tertiary/aromatic N) is 2. The number of nitrogens with one attached hydrogen (secondary N) is 1. The molecule has 0 saturated carbocycles. The Bertz CT molecular complexity index is 1080. The van der Waals surface area contributed by atoms with Gasteiger partial charge in [-0.25, -0.2) is 4.98 Å². The number of carbonyl (C=O) groups excluding carboxylic acids is 1. The molecule has 1 aromatic heterocycles. The zero-order valence-corrected chi connectivity index (χ0v) is 14.8. The van der Waals surface area contributed by atoms with E-state index in [0.717, 1.165) is 16.2 Å². The van der Waals surface area contributed by atoms with Crippen molar-refractivity contribution >= 4 is 16.8 Å². The molecule has 0 aliphatic heterocycles. The second kappa shape index (κ2) is 7.71. The molecule has 3 aromatic rings. The third-order valence-electron chi connectivity index (χ3n) is 3.97. The highest BCUT2D eigenvalue weighted by atomic mass is 19.4. The molecule has 1 N–H and O–H groups in total. The Labute approximate surface area is 157 Å². The Morgan fingerprint density at radius 1 is 1.21 bits per heavy atom. The molecule has 6 nitrogen and oxygen atoms in total. The minimum atomic E-state index is -4.83. The van der Waals surface area contributed by atoms with Gasteiger partial charge in [0.2, 0.25) is 5.91 Å². The zero-order chi connectivity index (χ0) is 20.3. The van der Waals surface area contributed by atoms with Crippen molar-refractivity contribution in [1.29, 1.82) is 0 Å². The van der Waals surface area contributed by atoms with Crippen LogP contribution in [0.3, 0.4) is 0 Å². The van der Waals surface area contributed by atoms with Gasteiger partial charge in [0.15, 0.2) is 0 Å². The van der Waals surface area contributed by atoms with E-state index in [4.69, 9.17) is 0 Å². The summed E-state index contributed by atoms with van der Waals surface area (Å²) >= 11 is 0. The van der Waals surface area contributed by atoms with Gasteiger partial charge in [0.05, 0.1) is 17.2 Å². The van der Waals surface area contributed by atoms with E-state index in [1.54, 1.807) is 12.1 Å². The van der Waals surface area contributed by atoms with Crippen LogP contribution < -0.4 is 15.6 Å². The number of carbonyl (C=O) groups is 1. The van der Waals surface area contributed by atoms with Crippen molar-refractivity contribution < 1.29 is 22.7 Å². The number of para-hydroxylation sites is 1. The molecule has 28 heavy (non-hydrogen) atoms. The molecule has 9 heteroatoms. The summed E-state index contributed by atoms with van der Waals surface area (Å²) in [5.74, 6) is -0.937. The van der Waals surface area contributed by atoms with Gasteiger partial charge in [0.1, 0.15) is 12.3 Å². The average Bonchev–Trinajstić information content (AvgIpc) is 2.62. The van der Waals surface area contributed by atoms with Crippen LogP contribution in [0.15, 0.2) is 53.6 Å². The van der Waals surface area contributed by atoms with Crippen LogP contribution in [0.4, 0.5) is 13.2 Å². The summed E-state index contributed by atoms with van der Waals surface area (Å²) in [5, 5.41) is 2.87. The number of amides is 1. The number of alkyl halides is 3. The van der Waals surface area contributed by atoms with E-state index in [-0.39, 0.29) is 24.2 Å². The minimum Gasteiger partial charge on any atom is -0.405 e. The molecule has 0 radical (unpaired) electrons. The van der Waals surface area contributed by atoms with Crippen LogP contribution in [-0.2, 0) is 17.9 Å². The molecule has 1 amide bonds. The smallest absolute Gasteiger partial charge is 0.405 e. The predicted octanol–water partition coefficient (Wildman–Crippen LogP) is 2.92. The highest BCUT2D eigenvalue weighted by Gasteiger charge is 2.31. The second-order valence-electron chi connectivity index (χ2n) is 6.13. The first-order valence-corrected chi connectivity index (χ1v) is 8.29. The number of fused-ring (bicyclic) bond motifs is 1. The Hall–Kier alpha value is -3.36. The number of aryl methyl sites for hydroxylation is 1. The van der Waals surface area contributed by atoms with Gasteiger partial charge < -0.3 is 10.1 Å². The van der Waals surface area contributed by atoms with Crippen LogP contribution in [0.25, 0.3) is 10.9 Å². The van der Waals surface area contributed by atoms with Gasteiger partial charge in [0, 0.05) is 12.1 Å². The molecule has 0 atom stereocenters. The molecule has 0 saturated heterocycles. The predicted molar refractivity (Wildman–Crippen MR) is 95.7 cm³/mol. The summed E-state index contributed by atoms with van der Waals surface area (Å²) in [7, 11) is 0. The van der Waals surface area contributed by atoms with Crippen molar-refractivity contribution in [2.24, 2.45) is 0 Å². The van der Waals surface area contributed by atoms with Gasteiger partial charge in [-0.2, -0.15) is 0 Å². The summed E-state index contributed by atoms with van der Waals surface area (Å²) < 4.78 is 42.5. The third-order valence-corrected chi connectivity index (χ3v) is 3.97. The van der Waals surface area contributed by atoms with E-state index in [1.165, 1.54) is 24.5 Å². The van der Waals surface area contributed by atoms with Crippen LogP contribution in [0, 0.1) is 6.92 Å². The average molecular weight is 391 g/mol. The maximum atomic E-state index is 12.5. The Kier molecular flexibility index (Phi) is 5.34. The lowest BCUT2D eigenvalue weighted by Crippen LogP contribution is -2.32. The van der Waals surface area contributed by atoms with Crippen molar-refractivity contribution in [3.05, 3.63) is 70.3 Å². The van der Waals surface area contributed by atoms with E-state index >= 15 is 0 Å². The summed E-state index contributed by atoms with van der Waals surface area (Å²) in [5.41, 5.74) is 1.19. The van der Waals surface area contributed by atoms with E-state index in [2.05, 4.69) is 15.0 Å². The summed E-state index contributed by atoms with van der Waals surface area (Å²) in [4.78, 5) is 28.8. The molecular formula is C19H16F3N3O3. The molecule has 0 bridgehead atoms. The van der Waals surface area contributed by atoms with Crippen molar-refractivity contribution in [3.63, 3.8) is 0 Å². The monoisotopic (exact) mass is 391 g/mol. The molecule has 0 aliphatic rings. The molecule has 2 aromatic carbocycles. The molecular weight excluding hydrogens is 375 g/mol.